The van der Waals surface area contributed by atoms with Crippen LogP contribution in [-0.2, 0) is 0 Å². The fraction of sp³-hybridized carbons (Fsp3) is 0.778. The van der Waals surface area contributed by atoms with Crippen LogP contribution in [-0.4, -0.2) is 6.04 Å². The van der Waals surface area contributed by atoms with Crippen LogP contribution in [0.25, 0.3) is 0 Å². The van der Waals surface area contributed by atoms with E-state index in [0.29, 0.717) is 12.0 Å². The Bertz CT molecular complexity index is 88.7. The van der Waals surface area contributed by atoms with Gasteiger partial charge >= 0.3 is 0 Å². The minimum absolute atomic E-state index is 0.391. The average molecular weight is 141 g/mol. The van der Waals surface area contributed by atoms with Gasteiger partial charge < -0.3 is 5.73 Å². The van der Waals surface area contributed by atoms with E-state index < -0.39 is 0 Å². The SMILES string of the molecule is C=CC(C)CCC(N)CC. The minimum Gasteiger partial charge on any atom is -0.328 e. The molecule has 1 nitrogen and oxygen atoms in total. The van der Waals surface area contributed by atoms with E-state index >= 15 is 0 Å². The highest BCUT2D eigenvalue weighted by atomic mass is 14.6. The third-order valence-corrected chi connectivity index (χ3v) is 1.92. The van der Waals surface area contributed by atoms with Gasteiger partial charge in [0.15, 0.2) is 0 Å². The molecule has 1 heteroatoms. The molecule has 0 aromatic carbocycles. The monoisotopic (exact) mass is 141 g/mol. The molecule has 0 rings (SSSR count). The molecule has 2 N–H and O–H groups in total. The first-order chi connectivity index (χ1) is 4.70. The van der Waals surface area contributed by atoms with Gasteiger partial charge in [-0.25, -0.2) is 0 Å². The molecule has 10 heavy (non-hydrogen) atoms. The smallest absolute Gasteiger partial charge is 0.00364 e. The number of hydrogen-bond acceptors (Lipinski definition) is 1. The molecule has 0 aromatic heterocycles. The van der Waals surface area contributed by atoms with Crippen LogP contribution in [0.5, 0.6) is 0 Å². The number of rotatable bonds is 5. The second-order valence-corrected chi connectivity index (χ2v) is 2.96. The molecule has 0 fully saturated rings. The van der Waals surface area contributed by atoms with Crippen molar-refractivity contribution < 1.29 is 0 Å². The molecule has 0 aliphatic carbocycles. The Morgan fingerprint density at radius 1 is 1.50 bits per heavy atom. The highest BCUT2D eigenvalue weighted by molar-refractivity contribution is 4.76. The zero-order valence-electron chi connectivity index (χ0n) is 7.14. The summed E-state index contributed by atoms with van der Waals surface area (Å²) in [7, 11) is 0. The molecule has 0 aliphatic heterocycles. The van der Waals surface area contributed by atoms with Crippen molar-refractivity contribution in [1.82, 2.24) is 0 Å². The molecule has 2 unspecified atom stereocenters. The second kappa shape index (κ2) is 5.48. The summed E-state index contributed by atoms with van der Waals surface area (Å²) in [6, 6.07) is 0.391. The van der Waals surface area contributed by atoms with Gasteiger partial charge in [0.2, 0.25) is 0 Å². The topological polar surface area (TPSA) is 26.0 Å². The Balaban J connectivity index is 3.25. The summed E-state index contributed by atoms with van der Waals surface area (Å²) in [4.78, 5) is 0. The van der Waals surface area contributed by atoms with E-state index in [0.717, 1.165) is 12.8 Å². The van der Waals surface area contributed by atoms with Crippen LogP contribution in [0.2, 0.25) is 0 Å². The van der Waals surface area contributed by atoms with Crippen molar-refractivity contribution in [1.29, 1.82) is 0 Å². The van der Waals surface area contributed by atoms with E-state index in [1.165, 1.54) is 6.42 Å². The van der Waals surface area contributed by atoms with Crippen LogP contribution >= 0.6 is 0 Å². The van der Waals surface area contributed by atoms with Gasteiger partial charge in [-0.3, -0.25) is 0 Å². The Labute approximate surface area is 64.3 Å². The molecular weight excluding hydrogens is 122 g/mol. The third-order valence-electron chi connectivity index (χ3n) is 1.92. The Morgan fingerprint density at radius 3 is 2.50 bits per heavy atom. The minimum atomic E-state index is 0.391. The lowest BCUT2D eigenvalue weighted by molar-refractivity contribution is 0.516. The van der Waals surface area contributed by atoms with Crippen LogP contribution in [0.3, 0.4) is 0 Å². The zero-order valence-corrected chi connectivity index (χ0v) is 7.14. The summed E-state index contributed by atoms with van der Waals surface area (Å²) in [6.45, 7) is 8.03. The van der Waals surface area contributed by atoms with E-state index in [4.69, 9.17) is 5.73 Å². The van der Waals surface area contributed by atoms with Crippen molar-refractivity contribution >= 4 is 0 Å². The van der Waals surface area contributed by atoms with E-state index in [1.807, 2.05) is 6.08 Å². The molecule has 2 atom stereocenters. The maximum absolute atomic E-state index is 5.74. The van der Waals surface area contributed by atoms with Crippen molar-refractivity contribution in [3.8, 4) is 0 Å². The van der Waals surface area contributed by atoms with Gasteiger partial charge in [-0.05, 0) is 25.2 Å². The lowest BCUT2D eigenvalue weighted by atomic mass is 10.0. The van der Waals surface area contributed by atoms with Crippen LogP contribution in [0.1, 0.15) is 33.1 Å². The van der Waals surface area contributed by atoms with Crippen molar-refractivity contribution in [2.75, 3.05) is 0 Å². The molecule has 0 saturated carbocycles. The van der Waals surface area contributed by atoms with E-state index in [9.17, 15) is 0 Å². The number of hydrogen-bond donors (Lipinski definition) is 1. The Morgan fingerprint density at radius 2 is 2.10 bits per heavy atom. The maximum atomic E-state index is 5.74. The zero-order chi connectivity index (χ0) is 7.98. The molecule has 0 aromatic rings. The van der Waals surface area contributed by atoms with Crippen LogP contribution in [0.15, 0.2) is 12.7 Å². The molecule has 0 aliphatic rings. The molecule has 0 saturated heterocycles. The van der Waals surface area contributed by atoms with Gasteiger partial charge in [-0.2, -0.15) is 0 Å². The summed E-state index contributed by atoms with van der Waals surface area (Å²) in [5.41, 5.74) is 5.74. The molecule has 0 heterocycles. The summed E-state index contributed by atoms with van der Waals surface area (Å²) in [5.74, 6) is 0.623. The lowest BCUT2D eigenvalue weighted by Crippen LogP contribution is -2.18. The first kappa shape index (κ1) is 9.70. The number of nitrogens with two attached hydrogens (primary N) is 1. The predicted octanol–water partition coefficient (Wildman–Crippen LogP) is 2.33. The summed E-state index contributed by atoms with van der Waals surface area (Å²) >= 11 is 0. The fourth-order valence-electron chi connectivity index (χ4n) is 0.799. The molecular formula is C9H19N. The highest BCUT2D eigenvalue weighted by Gasteiger charge is 2.01. The molecule has 60 valence electrons. The van der Waals surface area contributed by atoms with Crippen LogP contribution in [0, 0.1) is 5.92 Å². The van der Waals surface area contributed by atoms with Crippen molar-refractivity contribution in [3.05, 3.63) is 12.7 Å². The molecule has 0 radical (unpaired) electrons. The molecule has 0 spiro atoms. The number of allylic oxidation sites excluding steroid dienone is 1. The van der Waals surface area contributed by atoms with E-state index in [2.05, 4.69) is 20.4 Å². The largest absolute Gasteiger partial charge is 0.328 e. The fourth-order valence-corrected chi connectivity index (χ4v) is 0.799. The summed E-state index contributed by atoms with van der Waals surface area (Å²) in [6.07, 6.45) is 5.38. The summed E-state index contributed by atoms with van der Waals surface area (Å²) in [5, 5.41) is 0. The van der Waals surface area contributed by atoms with Gasteiger partial charge in [0.05, 0.1) is 0 Å². The van der Waals surface area contributed by atoms with Crippen molar-refractivity contribution in [2.45, 2.75) is 39.2 Å². The standard InChI is InChI=1S/C9H19N/c1-4-8(3)6-7-9(10)5-2/h4,8-9H,1,5-7,10H2,2-3H3. The summed E-state index contributed by atoms with van der Waals surface area (Å²) < 4.78 is 0. The maximum Gasteiger partial charge on any atom is 0.00364 e. The normalized spacial score (nSPS) is 16.3. The lowest BCUT2D eigenvalue weighted by Gasteiger charge is -2.10. The quantitative estimate of drug-likeness (QED) is 0.584. The van der Waals surface area contributed by atoms with Gasteiger partial charge in [0.1, 0.15) is 0 Å². The van der Waals surface area contributed by atoms with Crippen molar-refractivity contribution in [2.24, 2.45) is 11.7 Å². The first-order valence-corrected chi connectivity index (χ1v) is 4.08. The Hall–Kier alpha value is -0.300. The molecule has 0 amide bonds. The highest BCUT2D eigenvalue weighted by Crippen LogP contribution is 2.08. The predicted molar refractivity (Wildman–Crippen MR) is 46.9 cm³/mol. The van der Waals surface area contributed by atoms with E-state index in [-0.39, 0.29) is 0 Å². The van der Waals surface area contributed by atoms with Crippen molar-refractivity contribution in [3.63, 3.8) is 0 Å². The van der Waals surface area contributed by atoms with Crippen LogP contribution in [0.4, 0.5) is 0 Å². The van der Waals surface area contributed by atoms with Gasteiger partial charge in [0.25, 0.3) is 0 Å². The Kier molecular flexibility index (Phi) is 5.32. The van der Waals surface area contributed by atoms with Gasteiger partial charge in [0, 0.05) is 6.04 Å². The van der Waals surface area contributed by atoms with E-state index in [1.54, 1.807) is 0 Å². The molecule has 0 bridgehead atoms. The second-order valence-electron chi connectivity index (χ2n) is 2.96. The van der Waals surface area contributed by atoms with Crippen LogP contribution < -0.4 is 5.73 Å². The average Bonchev–Trinajstić information content (AvgIpc) is 1.99. The van der Waals surface area contributed by atoms with Gasteiger partial charge in [-0.1, -0.05) is 19.9 Å². The first-order valence-electron chi connectivity index (χ1n) is 4.08. The third kappa shape index (κ3) is 4.57. The van der Waals surface area contributed by atoms with Gasteiger partial charge in [-0.15, -0.1) is 6.58 Å².